The summed E-state index contributed by atoms with van der Waals surface area (Å²) in [4.78, 5) is 67.5. The van der Waals surface area contributed by atoms with Crippen molar-refractivity contribution in [2.45, 2.75) is 82.0 Å². The Morgan fingerprint density at radius 1 is 0.607 bits per heavy atom. The number of alkyl halides is 3. The van der Waals surface area contributed by atoms with Crippen molar-refractivity contribution >= 4 is 83.6 Å². The summed E-state index contributed by atoms with van der Waals surface area (Å²) in [6, 6.07) is -0.845. The van der Waals surface area contributed by atoms with Crippen LogP contribution in [0.3, 0.4) is 0 Å². The molecule has 6 aromatic heterocycles. The van der Waals surface area contributed by atoms with Crippen molar-refractivity contribution in [3.8, 4) is 0 Å². The maximum absolute atomic E-state index is 12.3. The number of hydrogen-bond donors (Lipinski definition) is 10. The molecule has 3 fully saturated rings. The highest BCUT2D eigenvalue weighted by Crippen LogP contribution is 2.48. The summed E-state index contributed by atoms with van der Waals surface area (Å²) in [5.41, 5.74) is 13.8. The van der Waals surface area contributed by atoms with E-state index in [0.29, 0.717) is 55.0 Å². The molecule has 0 aromatic carbocycles. The van der Waals surface area contributed by atoms with Crippen LogP contribution in [0.4, 0.5) is 31.0 Å². The number of anilines is 3. The predicted molar refractivity (Wildman–Crippen MR) is 320 cm³/mol. The first-order valence-corrected chi connectivity index (χ1v) is 35.3. The fourth-order valence-electron chi connectivity index (χ4n) is 10.1. The lowest BCUT2D eigenvalue weighted by Gasteiger charge is -2.21. The number of nitrogens with two attached hydrogens (primary N) is 3. The van der Waals surface area contributed by atoms with Crippen LogP contribution in [-0.2, 0) is 51.0 Å². The van der Waals surface area contributed by atoms with E-state index in [2.05, 4.69) is 73.3 Å². The Hall–Kier alpha value is -6.30. The molecule has 0 amide bonds. The van der Waals surface area contributed by atoms with Gasteiger partial charge in [-0.1, -0.05) is 19.7 Å². The zero-order chi connectivity index (χ0) is 66.3. The molecular formula is C49H73F3N15O18P3S. The molecule has 6 heterocycles. The maximum Gasteiger partial charge on any atom is 0.523 e. The van der Waals surface area contributed by atoms with Gasteiger partial charge in [-0.25, -0.2) is 15.0 Å². The topological polar surface area (TPSA) is 490 Å². The molecule has 6 aromatic rings. The highest BCUT2D eigenvalue weighted by molar-refractivity contribution is 7.87. The van der Waals surface area contributed by atoms with Crippen LogP contribution in [0.15, 0.2) is 69.8 Å². The highest BCUT2D eigenvalue weighted by Gasteiger charge is 2.48. The third kappa shape index (κ3) is 17.2. The van der Waals surface area contributed by atoms with Gasteiger partial charge in [0.25, 0.3) is 16.7 Å². The lowest BCUT2D eigenvalue weighted by atomic mass is 10.0. The Morgan fingerprint density at radius 2 is 0.955 bits per heavy atom. The molecular weight excluding hydrogens is 1270 g/mol. The molecule has 89 heavy (non-hydrogen) atoms. The number of aliphatic hydroxyl groups excluding tert-OH is 4. The quantitative estimate of drug-likeness (QED) is 0.0214. The smallest absolute Gasteiger partial charge is 0.396 e. The van der Waals surface area contributed by atoms with Crippen molar-refractivity contribution < 1.29 is 82.9 Å². The molecule has 33 nitrogen and oxygen atoms in total. The number of nitrogens with one attached hydrogen (secondary N) is 3. The summed E-state index contributed by atoms with van der Waals surface area (Å²) in [5, 5.41) is 39.5. The van der Waals surface area contributed by atoms with Crippen molar-refractivity contribution in [3.63, 3.8) is 0 Å². The first-order chi connectivity index (χ1) is 41.5. The number of aromatic amines is 3. The largest absolute Gasteiger partial charge is 0.523 e. The van der Waals surface area contributed by atoms with Gasteiger partial charge in [-0.2, -0.15) is 36.5 Å². The molecule has 3 aliphatic rings. The first-order valence-electron chi connectivity index (χ1n) is 27.1. The number of halogens is 3. The van der Waals surface area contributed by atoms with E-state index >= 15 is 0 Å². The summed E-state index contributed by atoms with van der Waals surface area (Å²) in [6.07, 6.45) is 2.77. The lowest BCUT2D eigenvalue weighted by molar-refractivity contribution is -0.0532. The lowest BCUT2D eigenvalue weighted by Crippen LogP contribution is -2.26. The molecule has 0 aliphatic heterocycles. The second-order valence-corrected chi connectivity index (χ2v) is 30.1. The first kappa shape index (κ1) is 71.8. The minimum absolute atomic E-state index is 0.00648. The van der Waals surface area contributed by atoms with Crippen molar-refractivity contribution in [1.29, 1.82) is 0 Å². The molecule has 0 spiro atoms. The Labute approximate surface area is 505 Å². The number of aromatic nitrogens is 12. The van der Waals surface area contributed by atoms with E-state index in [1.54, 1.807) is 27.5 Å². The summed E-state index contributed by atoms with van der Waals surface area (Å²) in [6.45, 7) is 21.7. The number of hydrogen-bond acceptors (Lipinski definition) is 27. The average molecular weight is 1340 g/mol. The van der Waals surface area contributed by atoms with Gasteiger partial charge in [0.2, 0.25) is 40.0 Å². The van der Waals surface area contributed by atoms with Crippen LogP contribution in [0.25, 0.3) is 33.5 Å². The van der Waals surface area contributed by atoms with Gasteiger partial charge in [-0.15, -0.1) is 0 Å². The molecule has 3 aliphatic carbocycles. The second kappa shape index (κ2) is 29.3. The standard InChI is InChI=1S/2C16H24N5O5P.C12H15N5O3.C5H10F3O5PS/c1-4-26-27(3,24)8-25-6-10-9(2)11(5-12(10)22)21-7-18-13-14(21)19-16(17)20-15(13)23;1-4-26-27(3,24)8-25-12-5-11(9(2)10(12)6-22)21-7-18-13-14(21)19-16(17)20-15(13)23;1-5-6(3-18)8(19)2-7(5)17-4-14-9-10(17)15-12(13)16-11(9)20;1-3-12-14(2,9)4-13-15(10,11)5(6,7)8/h2*7,10-12,22H,2,4-6,8H2,1,3H3,(H3,17,19,20,23);4,6-8,18-19H,1-3H2,(H3,13,15,16,20);3-4H2,1-2H3/t2*10-,11-,12-,27?;6-,7-,8-;/m000./s1. The number of fused-ring (bicyclic) bond motifs is 3. The number of aliphatic hydroxyl groups is 4. The van der Waals surface area contributed by atoms with E-state index in [0.717, 1.165) is 17.8 Å². The predicted octanol–water partition coefficient (Wildman–Crippen LogP) is 3.12. The Bertz CT molecular complexity index is 3980. The maximum atomic E-state index is 12.3. The van der Waals surface area contributed by atoms with Gasteiger partial charge < -0.3 is 74.4 Å². The van der Waals surface area contributed by atoms with E-state index < -0.39 is 79.1 Å². The van der Waals surface area contributed by atoms with Gasteiger partial charge in [0.1, 0.15) is 19.0 Å². The fraction of sp³-hybridized carbons (Fsp3) is 0.571. The van der Waals surface area contributed by atoms with Gasteiger partial charge in [-0.05, 0) is 56.8 Å². The summed E-state index contributed by atoms with van der Waals surface area (Å²) >= 11 is 0. The second-order valence-electron chi connectivity index (χ2n) is 20.9. The van der Waals surface area contributed by atoms with Crippen LogP contribution < -0.4 is 33.9 Å². The van der Waals surface area contributed by atoms with Crippen molar-refractivity contribution in [2.24, 2.45) is 17.8 Å². The van der Waals surface area contributed by atoms with E-state index in [1.165, 1.54) is 39.2 Å². The zero-order valence-electron chi connectivity index (χ0n) is 49.2. The third-order valence-corrected chi connectivity index (χ3v) is 19.8. The molecule has 0 saturated heterocycles. The fourth-order valence-corrected chi connectivity index (χ4v) is 14.3. The number of nitrogen functional groups attached to an aromatic ring is 3. The van der Waals surface area contributed by atoms with Gasteiger partial charge >= 0.3 is 15.6 Å². The Balaban J connectivity index is 0.000000194. The number of nitrogens with zero attached hydrogens (tertiary/aromatic N) is 9. The average Bonchev–Trinajstić information content (AvgIpc) is 2.08. The van der Waals surface area contributed by atoms with E-state index in [-0.39, 0.29) is 109 Å². The van der Waals surface area contributed by atoms with Gasteiger partial charge in [-0.3, -0.25) is 47.2 Å². The molecule has 13 N–H and O–H groups in total. The van der Waals surface area contributed by atoms with Crippen molar-refractivity contribution in [1.82, 2.24) is 58.6 Å². The highest BCUT2D eigenvalue weighted by atomic mass is 32.2. The molecule has 12 atom stereocenters. The zero-order valence-corrected chi connectivity index (χ0v) is 52.7. The van der Waals surface area contributed by atoms with Gasteiger partial charge in [0, 0.05) is 37.7 Å². The van der Waals surface area contributed by atoms with Crippen molar-refractivity contribution in [3.05, 3.63) is 86.5 Å². The van der Waals surface area contributed by atoms with Crippen LogP contribution in [-0.4, -0.2) is 190 Å². The summed E-state index contributed by atoms with van der Waals surface area (Å²) < 4.78 is 127. The molecule has 0 radical (unpaired) electrons. The van der Waals surface area contributed by atoms with Crippen LogP contribution in [0.1, 0.15) is 58.2 Å². The van der Waals surface area contributed by atoms with E-state index in [9.17, 15) is 70.1 Å². The molecule has 3 unspecified atom stereocenters. The number of rotatable bonds is 21. The van der Waals surface area contributed by atoms with E-state index in [1.807, 2.05) is 0 Å². The molecule has 40 heteroatoms. The summed E-state index contributed by atoms with van der Waals surface area (Å²) in [5.74, 6) is -1.06. The van der Waals surface area contributed by atoms with Crippen molar-refractivity contribution in [2.75, 3.05) is 95.9 Å². The Morgan fingerprint density at radius 3 is 1.33 bits per heavy atom. The van der Waals surface area contributed by atoms with Crippen LogP contribution in [0.2, 0.25) is 0 Å². The number of ether oxygens (including phenoxy) is 2. The minimum Gasteiger partial charge on any atom is -0.396 e. The summed E-state index contributed by atoms with van der Waals surface area (Å²) in [7, 11) is -14.8. The monoisotopic (exact) mass is 1340 g/mol. The molecule has 494 valence electrons. The normalized spacial score (nSPS) is 24.1. The number of imidazole rings is 3. The van der Waals surface area contributed by atoms with Crippen LogP contribution in [0, 0.1) is 17.8 Å². The van der Waals surface area contributed by atoms with E-state index in [4.69, 9.17) is 35.7 Å². The minimum atomic E-state index is -5.70. The Kier molecular flexibility index (Phi) is 23.6. The SMILES string of the molecule is C=C1[C@H](CO)[C@@H](O)C[C@@H]1n1cnc2c(=O)[nH]c(N)nc21.C=C1[C@H](CO)[C@@H](OCP(C)(=O)OCC)C[C@@H]1n1cnc2c(=O)[nH]c(N)nc21.C=C1[C@H](COCP(C)(=O)OCC)[C@@H](O)C[C@@H]1n1cnc2c(=O)[nH]c(N)nc21.CCOP(C)(=O)COS(=O)(=O)C(F)(F)F. The van der Waals surface area contributed by atoms with Crippen LogP contribution in [0.5, 0.6) is 0 Å². The molecule has 3 saturated carbocycles. The third-order valence-electron chi connectivity index (χ3n) is 14.3. The van der Waals surface area contributed by atoms with Crippen LogP contribution >= 0.6 is 22.1 Å². The van der Waals surface area contributed by atoms with Gasteiger partial charge in [0.15, 0.2) is 33.5 Å². The number of H-pyrrole nitrogens is 3. The van der Waals surface area contributed by atoms with Gasteiger partial charge in [0.05, 0.1) is 95.1 Å². The molecule has 0 bridgehead atoms. The molecule has 9 rings (SSSR count).